The molecule has 1 amide bonds. The average molecular weight is 255 g/mol. The number of aliphatic carboxylic acids is 1. The molecule has 0 atom stereocenters. The first-order chi connectivity index (χ1) is 8.52. The third-order valence-electron chi connectivity index (χ3n) is 3.15. The smallest absolute Gasteiger partial charge is 0.331 e. The van der Waals surface area contributed by atoms with Gasteiger partial charge >= 0.3 is 5.97 Å². The molecular formula is C12H21N3O3. The average Bonchev–Trinajstić information content (AvgIpc) is 2.38. The van der Waals surface area contributed by atoms with Crippen molar-refractivity contribution >= 4 is 11.9 Å². The van der Waals surface area contributed by atoms with Gasteiger partial charge in [0.15, 0.2) is 0 Å². The zero-order chi connectivity index (χ0) is 13.5. The van der Waals surface area contributed by atoms with Crippen LogP contribution in [0.25, 0.3) is 0 Å². The molecule has 0 saturated carbocycles. The highest BCUT2D eigenvalue weighted by Crippen LogP contribution is 2.03. The van der Waals surface area contributed by atoms with E-state index in [0.29, 0.717) is 6.54 Å². The third-order valence-corrected chi connectivity index (χ3v) is 3.15. The van der Waals surface area contributed by atoms with E-state index < -0.39 is 5.97 Å². The first-order valence-electron chi connectivity index (χ1n) is 6.14. The Morgan fingerprint density at radius 1 is 1.22 bits per heavy atom. The lowest BCUT2D eigenvalue weighted by Crippen LogP contribution is -2.46. The number of amides is 1. The maximum Gasteiger partial charge on any atom is 0.331 e. The zero-order valence-corrected chi connectivity index (χ0v) is 11.0. The highest BCUT2D eigenvalue weighted by molar-refractivity contribution is 6.01. The summed E-state index contributed by atoms with van der Waals surface area (Å²) in [5, 5.41) is 14.8. The molecule has 3 N–H and O–H groups in total. The molecule has 0 radical (unpaired) electrons. The Bertz CT molecular complexity index is 346. The molecule has 1 aliphatic heterocycles. The summed E-state index contributed by atoms with van der Waals surface area (Å²) < 4.78 is 0. The quantitative estimate of drug-likeness (QED) is 0.573. The van der Waals surface area contributed by atoms with Crippen LogP contribution >= 0.6 is 0 Å². The summed E-state index contributed by atoms with van der Waals surface area (Å²) in [6, 6.07) is 0. The van der Waals surface area contributed by atoms with Gasteiger partial charge in [0.1, 0.15) is 0 Å². The molecule has 1 heterocycles. The summed E-state index contributed by atoms with van der Waals surface area (Å²) in [7, 11) is 0. The summed E-state index contributed by atoms with van der Waals surface area (Å²) in [5.74, 6) is -1.35. The van der Waals surface area contributed by atoms with Gasteiger partial charge in [0.05, 0.1) is 0 Å². The Kier molecular flexibility index (Phi) is 5.80. The fourth-order valence-corrected chi connectivity index (χ4v) is 1.73. The molecule has 0 aromatic carbocycles. The first-order valence-corrected chi connectivity index (χ1v) is 6.14. The van der Waals surface area contributed by atoms with Crippen LogP contribution in [0, 0.1) is 0 Å². The third kappa shape index (κ3) is 4.46. The number of hydrogen-bond donors (Lipinski definition) is 3. The van der Waals surface area contributed by atoms with E-state index in [4.69, 9.17) is 5.11 Å². The molecule has 0 aromatic heterocycles. The lowest BCUT2D eigenvalue weighted by molar-refractivity contribution is -0.133. The lowest BCUT2D eigenvalue weighted by Gasteiger charge is -2.27. The van der Waals surface area contributed by atoms with E-state index in [0.717, 1.165) is 32.7 Å². The molecule has 0 aromatic rings. The first kappa shape index (κ1) is 14.7. The fraction of sp³-hybridized carbons (Fsp3) is 0.667. The highest BCUT2D eigenvalue weighted by Gasteiger charge is 2.13. The molecule has 1 rings (SSSR count). The number of nitrogens with one attached hydrogen (secondary N) is 2. The molecule has 0 unspecified atom stereocenters. The van der Waals surface area contributed by atoms with Crippen molar-refractivity contribution in [2.45, 2.75) is 13.8 Å². The van der Waals surface area contributed by atoms with Gasteiger partial charge in [-0.1, -0.05) is 0 Å². The molecule has 18 heavy (non-hydrogen) atoms. The predicted molar refractivity (Wildman–Crippen MR) is 68.3 cm³/mol. The number of carbonyl (C=O) groups is 2. The Morgan fingerprint density at radius 2 is 1.83 bits per heavy atom. The van der Waals surface area contributed by atoms with Crippen LogP contribution in [0.15, 0.2) is 11.1 Å². The van der Waals surface area contributed by atoms with Crippen molar-refractivity contribution in [3.05, 3.63) is 11.1 Å². The molecule has 0 aliphatic carbocycles. The maximum atomic E-state index is 11.7. The Morgan fingerprint density at radius 3 is 2.39 bits per heavy atom. The Balaban J connectivity index is 2.32. The van der Waals surface area contributed by atoms with E-state index in [2.05, 4.69) is 15.5 Å². The van der Waals surface area contributed by atoms with Crippen LogP contribution in [-0.4, -0.2) is 61.2 Å². The number of carboxylic acids is 1. The van der Waals surface area contributed by atoms with Crippen LogP contribution in [0.3, 0.4) is 0 Å². The molecule has 1 fully saturated rings. The summed E-state index contributed by atoms with van der Waals surface area (Å²) in [6.07, 6.45) is 0. The van der Waals surface area contributed by atoms with Gasteiger partial charge in [0.2, 0.25) is 5.91 Å². The van der Waals surface area contributed by atoms with E-state index in [1.54, 1.807) is 0 Å². The molecule has 0 spiro atoms. The van der Waals surface area contributed by atoms with E-state index >= 15 is 0 Å². The standard InChI is InChI=1S/C12H21N3O3/c1-9(10(2)12(17)18)11(16)14-5-8-15-6-3-13-4-7-15/h13H,3-8H2,1-2H3,(H,14,16)(H,17,18)/b10-9-. The van der Waals surface area contributed by atoms with Crippen molar-refractivity contribution in [3.8, 4) is 0 Å². The monoisotopic (exact) mass is 255 g/mol. The van der Waals surface area contributed by atoms with Gasteiger partial charge in [0.25, 0.3) is 0 Å². The Hall–Kier alpha value is -1.40. The predicted octanol–water partition coefficient (Wildman–Crippen LogP) is -0.571. The number of carboxylic acid groups (broad SMARTS) is 1. The summed E-state index contributed by atoms with van der Waals surface area (Å²) >= 11 is 0. The second-order valence-electron chi connectivity index (χ2n) is 4.40. The van der Waals surface area contributed by atoms with Gasteiger partial charge < -0.3 is 15.7 Å². The van der Waals surface area contributed by atoms with Crippen LogP contribution in [0.5, 0.6) is 0 Å². The molecule has 6 nitrogen and oxygen atoms in total. The van der Waals surface area contributed by atoms with Crippen molar-refractivity contribution in [3.63, 3.8) is 0 Å². The minimum absolute atomic E-state index is 0.0923. The number of hydrogen-bond acceptors (Lipinski definition) is 4. The van der Waals surface area contributed by atoms with E-state index in [-0.39, 0.29) is 17.1 Å². The molecule has 1 aliphatic rings. The summed E-state index contributed by atoms with van der Waals surface area (Å²) in [5.41, 5.74) is 0.359. The maximum absolute atomic E-state index is 11.7. The van der Waals surface area contributed by atoms with Crippen molar-refractivity contribution < 1.29 is 14.7 Å². The second-order valence-corrected chi connectivity index (χ2v) is 4.40. The fourth-order valence-electron chi connectivity index (χ4n) is 1.73. The molecule has 6 heteroatoms. The van der Waals surface area contributed by atoms with Gasteiger partial charge in [-0.25, -0.2) is 4.79 Å². The molecule has 102 valence electrons. The minimum Gasteiger partial charge on any atom is -0.478 e. The normalized spacial score (nSPS) is 18.1. The van der Waals surface area contributed by atoms with Gasteiger partial charge in [-0.2, -0.15) is 0 Å². The highest BCUT2D eigenvalue weighted by atomic mass is 16.4. The van der Waals surface area contributed by atoms with Gasteiger partial charge in [-0.15, -0.1) is 0 Å². The van der Waals surface area contributed by atoms with E-state index in [9.17, 15) is 9.59 Å². The van der Waals surface area contributed by atoms with E-state index in [1.165, 1.54) is 13.8 Å². The van der Waals surface area contributed by atoms with Crippen molar-refractivity contribution in [2.75, 3.05) is 39.3 Å². The van der Waals surface area contributed by atoms with Gasteiger partial charge in [-0.3, -0.25) is 9.69 Å². The van der Waals surface area contributed by atoms with Gasteiger partial charge in [0, 0.05) is 50.4 Å². The number of piperazine rings is 1. The SMILES string of the molecule is C/C(C(=O)O)=C(\C)C(=O)NCCN1CCNCC1. The van der Waals surface area contributed by atoms with Crippen LogP contribution in [0.4, 0.5) is 0 Å². The van der Waals surface area contributed by atoms with Crippen LogP contribution in [-0.2, 0) is 9.59 Å². The van der Waals surface area contributed by atoms with Crippen molar-refractivity contribution in [1.29, 1.82) is 0 Å². The van der Waals surface area contributed by atoms with E-state index in [1.807, 2.05) is 0 Å². The van der Waals surface area contributed by atoms with Crippen LogP contribution in [0.2, 0.25) is 0 Å². The number of rotatable bonds is 5. The number of carbonyl (C=O) groups excluding carboxylic acids is 1. The molecule has 1 saturated heterocycles. The van der Waals surface area contributed by atoms with Crippen molar-refractivity contribution in [2.24, 2.45) is 0 Å². The largest absolute Gasteiger partial charge is 0.478 e. The van der Waals surface area contributed by atoms with Crippen LogP contribution in [0.1, 0.15) is 13.8 Å². The van der Waals surface area contributed by atoms with Crippen molar-refractivity contribution in [1.82, 2.24) is 15.5 Å². The molecule has 0 bridgehead atoms. The lowest BCUT2D eigenvalue weighted by atomic mass is 10.1. The molecular weight excluding hydrogens is 234 g/mol. The zero-order valence-electron chi connectivity index (χ0n) is 11.0. The summed E-state index contributed by atoms with van der Waals surface area (Å²) in [4.78, 5) is 24.6. The number of nitrogens with zero attached hydrogens (tertiary/aromatic N) is 1. The van der Waals surface area contributed by atoms with Crippen LogP contribution < -0.4 is 10.6 Å². The van der Waals surface area contributed by atoms with Gasteiger partial charge in [-0.05, 0) is 13.8 Å². The minimum atomic E-state index is -1.05. The topological polar surface area (TPSA) is 81.7 Å². The summed E-state index contributed by atoms with van der Waals surface area (Å²) in [6.45, 7) is 8.24. The second kappa shape index (κ2) is 7.13. The Labute approximate surface area is 107 Å².